The van der Waals surface area contributed by atoms with Crippen LogP contribution >= 0.6 is 0 Å². The summed E-state index contributed by atoms with van der Waals surface area (Å²) < 4.78 is 5.95. The summed E-state index contributed by atoms with van der Waals surface area (Å²) in [5.41, 5.74) is 6.42. The average molecular weight is 416 g/mol. The van der Waals surface area contributed by atoms with Gasteiger partial charge in [0.05, 0.1) is 12.2 Å². The fourth-order valence-corrected chi connectivity index (χ4v) is 6.69. The summed E-state index contributed by atoms with van der Waals surface area (Å²) in [5, 5.41) is 0. The van der Waals surface area contributed by atoms with Gasteiger partial charge in [-0.05, 0) is 97.9 Å². The fourth-order valence-electron chi connectivity index (χ4n) is 6.69. The zero-order valence-corrected chi connectivity index (χ0v) is 18.7. The molecule has 6 rings (SSSR count). The summed E-state index contributed by atoms with van der Waals surface area (Å²) in [6, 6.07) is 10.7. The molecule has 2 saturated carbocycles. The highest BCUT2D eigenvalue weighted by molar-refractivity contribution is 5.97. The Balaban J connectivity index is 1.33. The first-order valence-corrected chi connectivity index (χ1v) is 12.3. The standard InChI is InChI=1S/C28H33NO2/c1-19-21(5-3-13-29-19)15-26(30)23-9-10-25-22(14-23)4-2-6-24-17-27(18-31-27)11-12-28(24,25)16-20-7-8-20/h3,5,9-10,13-14,20,24H,2,4,6-8,11-12,15-18H2,1H3/t24-,27+,28-/m0/s1. The van der Waals surface area contributed by atoms with Crippen molar-refractivity contribution >= 4 is 5.78 Å². The molecule has 0 N–H and O–H groups in total. The minimum atomic E-state index is 0.213. The number of aromatic nitrogens is 1. The lowest BCUT2D eigenvalue weighted by molar-refractivity contribution is 0.0893. The molecule has 1 saturated heterocycles. The van der Waals surface area contributed by atoms with E-state index in [-0.39, 0.29) is 11.4 Å². The second-order valence-corrected chi connectivity index (χ2v) is 10.8. The number of ether oxygens (including phenoxy) is 1. The summed E-state index contributed by atoms with van der Waals surface area (Å²) >= 11 is 0. The van der Waals surface area contributed by atoms with Crippen molar-refractivity contribution in [3.63, 3.8) is 0 Å². The lowest BCUT2D eigenvalue weighted by Crippen LogP contribution is -2.43. The predicted molar refractivity (Wildman–Crippen MR) is 121 cm³/mol. The zero-order chi connectivity index (χ0) is 21.1. The summed E-state index contributed by atoms with van der Waals surface area (Å²) in [7, 11) is 0. The van der Waals surface area contributed by atoms with E-state index in [0.29, 0.717) is 11.8 Å². The lowest BCUT2D eigenvalue weighted by Gasteiger charge is -2.47. The molecular weight excluding hydrogens is 382 g/mol. The number of pyridine rings is 1. The maximum atomic E-state index is 13.1. The van der Waals surface area contributed by atoms with E-state index in [0.717, 1.165) is 41.7 Å². The molecule has 0 bridgehead atoms. The Morgan fingerprint density at radius 2 is 2.06 bits per heavy atom. The summed E-state index contributed by atoms with van der Waals surface area (Å²) in [4.78, 5) is 17.5. The van der Waals surface area contributed by atoms with E-state index >= 15 is 0 Å². The number of hydrogen-bond acceptors (Lipinski definition) is 3. The van der Waals surface area contributed by atoms with Gasteiger partial charge in [-0.1, -0.05) is 31.0 Å². The van der Waals surface area contributed by atoms with Gasteiger partial charge in [0.25, 0.3) is 0 Å². The minimum Gasteiger partial charge on any atom is -0.370 e. The first kappa shape index (κ1) is 19.7. The molecule has 0 radical (unpaired) electrons. The van der Waals surface area contributed by atoms with Gasteiger partial charge in [0.1, 0.15) is 0 Å². The van der Waals surface area contributed by atoms with Gasteiger partial charge in [0, 0.05) is 23.9 Å². The molecule has 0 unspecified atom stereocenters. The van der Waals surface area contributed by atoms with Gasteiger partial charge in [-0.15, -0.1) is 0 Å². The van der Waals surface area contributed by atoms with Gasteiger partial charge in [0.2, 0.25) is 0 Å². The average Bonchev–Trinajstić information content (AvgIpc) is 3.69. The number of benzene rings is 1. The Morgan fingerprint density at radius 3 is 2.84 bits per heavy atom. The summed E-state index contributed by atoms with van der Waals surface area (Å²) in [6.45, 7) is 2.97. The Hall–Kier alpha value is -2.00. The van der Waals surface area contributed by atoms with E-state index < -0.39 is 0 Å². The predicted octanol–water partition coefficient (Wildman–Crippen LogP) is 5.76. The molecule has 162 valence electrons. The molecule has 0 amide bonds. The van der Waals surface area contributed by atoms with Crippen molar-refractivity contribution in [2.24, 2.45) is 11.8 Å². The van der Waals surface area contributed by atoms with Gasteiger partial charge in [0.15, 0.2) is 5.78 Å². The van der Waals surface area contributed by atoms with E-state index in [1.165, 1.54) is 56.9 Å². The van der Waals surface area contributed by atoms with Crippen molar-refractivity contribution in [1.82, 2.24) is 4.98 Å². The fraction of sp³-hybridized carbons (Fsp3) is 0.571. The number of hydrogen-bond donors (Lipinski definition) is 0. The third-order valence-corrected chi connectivity index (χ3v) is 8.76. The number of aryl methyl sites for hydroxylation is 2. The third kappa shape index (κ3) is 3.55. The molecule has 2 aromatic rings. The second kappa shape index (κ2) is 7.27. The van der Waals surface area contributed by atoms with Crippen molar-refractivity contribution in [3.05, 3.63) is 64.5 Å². The van der Waals surface area contributed by atoms with Crippen molar-refractivity contribution in [2.75, 3.05) is 6.61 Å². The molecule has 1 aliphatic heterocycles. The maximum Gasteiger partial charge on any atom is 0.167 e. The molecule has 3 atom stereocenters. The Labute approximate surface area is 185 Å². The van der Waals surface area contributed by atoms with Crippen LogP contribution in [0.2, 0.25) is 0 Å². The highest BCUT2D eigenvalue weighted by Crippen LogP contribution is 2.60. The summed E-state index contributed by atoms with van der Waals surface area (Å²) in [5.74, 6) is 1.87. The van der Waals surface area contributed by atoms with Crippen LogP contribution < -0.4 is 0 Å². The lowest BCUT2D eigenvalue weighted by atomic mass is 9.57. The Morgan fingerprint density at radius 1 is 1.19 bits per heavy atom. The molecular formula is C28H33NO2. The number of carbonyl (C=O) groups is 1. The molecule has 3 aliphatic carbocycles. The third-order valence-electron chi connectivity index (χ3n) is 8.76. The molecule has 3 nitrogen and oxygen atoms in total. The van der Waals surface area contributed by atoms with Gasteiger partial charge < -0.3 is 4.74 Å². The molecule has 3 fully saturated rings. The van der Waals surface area contributed by atoms with Crippen LogP contribution in [0.3, 0.4) is 0 Å². The smallest absolute Gasteiger partial charge is 0.167 e. The van der Waals surface area contributed by atoms with Crippen LogP contribution in [0.1, 0.15) is 84.1 Å². The number of rotatable bonds is 5. The van der Waals surface area contributed by atoms with Crippen LogP contribution in [-0.4, -0.2) is 23.0 Å². The van der Waals surface area contributed by atoms with Crippen LogP contribution in [0.5, 0.6) is 0 Å². The molecule has 4 aliphatic rings. The highest BCUT2D eigenvalue weighted by Gasteiger charge is 2.57. The Kier molecular flexibility index (Phi) is 4.61. The molecule has 31 heavy (non-hydrogen) atoms. The number of Topliss-reactive ketones (excluding diaryl/α,β-unsaturated/α-hetero) is 1. The molecule has 1 aromatic carbocycles. The molecule has 2 heterocycles. The van der Waals surface area contributed by atoms with E-state index in [4.69, 9.17) is 4.74 Å². The van der Waals surface area contributed by atoms with Crippen LogP contribution in [0.4, 0.5) is 0 Å². The van der Waals surface area contributed by atoms with E-state index in [9.17, 15) is 4.79 Å². The van der Waals surface area contributed by atoms with Crippen LogP contribution in [0.15, 0.2) is 36.5 Å². The van der Waals surface area contributed by atoms with E-state index in [1.807, 2.05) is 19.1 Å². The number of nitrogens with zero attached hydrogens (tertiary/aromatic N) is 1. The van der Waals surface area contributed by atoms with E-state index in [1.54, 1.807) is 11.8 Å². The van der Waals surface area contributed by atoms with Crippen molar-refractivity contribution in [3.8, 4) is 0 Å². The maximum absolute atomic E-state index is 13.1. The molecule has 3 heteroatoms. The van der Waals surface area contributed by atoms with Crippen LogP contribution in [0, 0.1) is 18.8 Å². The van der Waals surface area contributed by atoms with Gasteiger partial charge >= 0.3 is 0 Å². The van der Waals surface area contributed by atoms with Gasteiger partial charge in [-0.2, -0.15) is 0 Å². The SMILES string of the molecule is Cc1ncccc1CC(=O)c1ccc2c(c1)CCC[C@H]1C[C@]3(CC[C@@]21CC1CC1)CO3. The van der Waals surface area contributed by atoms with Gasteiger partial charge in [-0.3, -0.25) is 9.78 Å². The first-order valence-electron chi connectivity index (χ1n) is 12.3. The van der Waals surface area contributed by atoms with Crippen LogP contribution in [-0.2, 0) is 23.0 Å². The van der Waals surface area contributed by atoms with Crippen LogP contribution in [0.25, 0.3) is 0 Å². The topological polar surface area (TPSA) is 42.5 Å². The van der Waals surface area contributed by atoms with Crippen molar-refractivity contribution in [1.29, 1.82) is 0 Å². The molecule has 1 aromatic heterocycles. The second-order valence-electron chi connectivity index (χ2n) is 10.8. The molecule has 1 spiro atoms. The number of ketones is 1. The number of epoxide rings is 1. The van der Waals surface area contributed by atoms with Crippen molar-refractivity contribution in [2.45, 2.75) is 82.1 Å². The summed E-state index contributed by atoms with van der Waals surface area (Å²) in [6.07, 6.45) is 13.8. The van der Waals surface area contributed by atoms with Crippen molar-refractivity contribution < 1.29 is 9.53 Å². The first-order chi connectivity index (χ1) is 15.1. The quantitative estimate of drug-likeness (QED) is 0.461. The number of carbonyl (C=O) groups excluding carboxylic acids is 1. The minimum absolute atomic E-state index is 0.213. The normalized spacial score (nSPS) is 31.6. The number of fused-ring (bicyclic) bond motifs is 3. The Bertz CT molecular complexity index is 1020. The zero-order valence-electron chi connectivity index (χ0n) is 18.7. The van der Waals surface area contributed by atoms with Gasteiger partial charge in [-0.25, -0.2) is 0 Å². The van der Waals surface area contributed by atoms with E-state index in [2.05, 4.69) is 23.2 Å². The largest absolute Gasteiger partial charge is 0.370 e. The monoisotopic (exact) mass is 415 g/mol. The highest BCUT2D eigenvalue weighted by atomic mass is 16.6.